The van der Waals surface area contributed by atoms with Gasteiger partial charge in [-0.15, -0.1) is 0 Å². The lowest BCUT2D eigenvalue weighted by Crippen LogP contribution is -2.51. The van der Waals surface area contributed by atoms with Gasteiger partial charge in [0.25, 0.3) is 5.91 Å². The fraction of sp³-hybridized carbons (Fsp3) is 0.615. The molecule has 6 nitrogen and oxygen atoms in total. The Bertz CT molecular complexity index is 503. The van der Waals surface area contributed by atoms with Crippen LogP contribution in [-0.4, -0.2) is 44.7 Å². The summed E-state index contributed by atoms with van der Waals surface area (Å²) in [5, 5.41) is 16.0. The summed E-state index contributed by atoms with van der Waals surface area (Å²) in [5.74, 6) is -1.22. The van der Waals surface area contributed by atoms with Crippen LogP contribution in [-0.2, 0) is 4.79 Å². The Balaban J connectivity index is 3.11. The molecule has 0 unspecified atom stereocenters. The van der Waals surface area contributed by atoms with Gasteiger partial charge >= 0.3 is 5.97 Å². The van der Waals surface area contributed by atoms with Crippen molar-refractivity contribution in [2.75, 3.05) is 7.05 Å². The third-order valence-electron chi connectivity index (χ3n) is 3.49. The molecule has 0 radical (unpaired) electrons. The molecule has 19 heavy (non-hydrogen) atoms. The van der Waals surface area contributed by atoms with E-state index in [2.05, 4.69) is 10.2 Å². The first kappa shape index (κ1) is 15.2. The predicted molar refractivity (Wildman–Crippen MR) is 71.2 cm³/mol. The summed E-state index contributed by atoms with van der Waals surface area (Å²) >= 11 is 0. The molecule has 2 N–H and O–H groups in total. The second-order valence-corrected chi connectivity index (χ2v) is 5.49. The average molecular weight is 267 g/mol. The molecule has 0 fully saturated rings. The molecule has 0 aliphatic carbocycles. The minimum atomic E-state index is -1.28. The van der Waals surface area contributed by atoms with E-state index in [-0.39, 0.29) is 11.6 Å². The zero-order valence-corrected chi connectivity index (χ0v) is 12.2. The number of H-pyrrole nitrogens is 1. The minimum Gasteiger partial charge on any atom is -0.480 e. The maximum absolute atomic E-state index is 12.3. The molecule has 106 valence electrons. The first-order valence-corrected chi connectivity index (χ1v) is 6.17. The predicted octanol–water partition coefficient (Wildman–Crippen LogP) is 1.78. The van der Waals surface area contributed by atoms with Crippen LogP contribution in [0.15, 0.2) is 0 Å². The fourth-order valence-corrected chi connectivity index (χ4v) is 1.74. The fourth-order valence-electron chi connectivity index (χ4n) is 1.74. The molecule has 1 aromatic heterocycles. The highest BCUT2D eigenvalue weighted by molar-refractivity contribution is 5.97. The Morgan fingerprint density at radius 3 is 2.26 bits per heavy atom. The molecule has 6 heteroatoms. The number of nitrogens with one attached hydrogen (secondary N) is 1. The van der Waals surface area contributed by atoms with Crippen molar-refractivity contribution in [3.05, 3.63) is 17.0 Å². The van der Waals surface area contributed by atoms with Crippen molar-refractivity contribution in [1.29, 1.82) is 0 Å². The highest BCUT2D eigenvalue weighted by Gasteiger charge is 2.37. The van der Waals surface area contributed by atoms with Crippen molar-refractivity contribution >= 4 is 11.9 Å². The van der Waals surface area contributed by atoms with E-state index in [9.17, 15) is 9.59 Å². The average Bonchev–Trinajstić information content (AvgIpc) is 2.68. The number of hydrogen-bond donors (Lipinski definition) is 2. The number of amides is 1. The molecular formula is C13H21N3O3. The van der Waals surface area contributed by atoms with E-state index in [0.29, 0.717) is 0 Å². The Hall–Kier alpha value is -1.85. The number of rotatable bonds is 4. The van der Waals surface area contributed by atoms with Gasteiger partial charge in [0.2, 0.25) is 0 Å². The van der Waals surface area contributed by atoms with Crippen molar-refractivity contribution in [2.24, 2.45) is 0 Å². The molecule has 0 aliphatic rings. The summed E-state index contributed by atoms with van der Waals surface area (Å²) in [5.41, 5.74) is 0.666. The second kappa shape index (κ2) is 5.03. The third kappa shape index (κ3) is 2.62. The largest absolute Gasteiger partial charge is 0.480 e. The lowest BCUT2D eigenvalue weighted by atomic mass is 10.0. The smallest absolute Gasteiger partial charge is 0.329 e. The van der Waals surface area contributed by atoms with Crippen molar-refractivity contribution in [3.8, 4) is 0 Å². The van der Waals surface area contributed by atoms with E-state index < -0.39 is 17.4 Å². The molecule has 1 aromatic rings. The molecule has 1 amide bonds. The van der Waals surface area contributed by atoms with E-state index in [1.165, 1.54) is 25.8 Å². The molecule has 0 saturated carbocycles. The van der Waals surface area contributed by atoms with Crippen LogP contribution in [0.1, 0.15) is 55.4 Å². The minimum absolute atomic E-state index is 0.229. The number of carboxylic acids is 1. The van der Waals surface area contributed by atoms with E-state index >= 15 is 0 Å². The van der Waals surface area contributed by atoms with E-state index in [0.717, 1.165) is 11.3 Å². The number of aromatic nitrogens is 2. The van der Waals surface area contributed by atoms with E-state index in [4.69, 9.17) is 5.11 Å². The van der Waals surface area contributed by atoms with Gasteiger partial charge in [-0.2, -0.15) is 5.10 Å². The maximum atomic E-state index is 12.3. The Labute approximate surface area is 112 Å². The Morgan fingerprint density at radius 2 is 1.89 bits per heavy atom. The van der Waals surface area contributed by atoms with Gasteiger partial charge in [0.05, 0.1) is 0 Å². The van der Waals surface area contributed by atoms with Gasteiger partial charge in [-0.1, -0.05) is 13.8 Å². The number of likely N-dealkylation sites (N-methyl/N-ethyl adjacent to an activating group) is 1. The van der Waals surface area contributed by atoms with Crippen molar-refractivity contribution in [3.63, 3.8) is 0 Å². The number of aliphatic carboxylic acids is 1. The van der Waals surface area contributed by atoms with Crippen molar-refractivity contribution in [2.45, 2.75) is 46.1 Å². The van der Waals surface area contributed by atoms with Crippen LogP contribution in [0.2, 0.25) is 0 Å². The van der Waals surface area contributed by atoms with Gasteiger partial charge in [-0.25, -0.2) is 4.79 Å². The summed E-state index contributed by atoms with van der Waals surface area (Å²) in [4.78, 5) is 24.7. The topological polar surface area (TPSA) is 86.3 Å². The lowest BCUT2D eigenvalue weighted by Gasteiger charge is -2.31. The summed E-state index contributed by atoms with van der Waals surface area (Å²) < 4.78 is 0. The first-order valence-electron chi connectivity index (χ1n) is 6.17. The second-order valence-electron chi connectivity index (χ2n) is 5.49. The lowest BCUT2D eigenvalue weighted by molar-refractivity contribution is -0.147. The van der Waals surface area contributed by atoms with Gasteiger partial charge in [-0.3, -0.25) is 9.89 Å². The van der Waals surface area contributed by atoms with Crippen molar-refractivity contribution < 1.29 is 14.7 Å². The van der Waals surface area contributed by atoms with Crippen LogP contribution < -0.4 is 0 Å². The van der Waals surface area contributed by atoms with Crippen LogP contribution in [0.5, 0.6) is 0 Å². The summed E-state index contributed by atoms with van der Waals surface area (Å²) in [6.07, 6.45) is 0. The van der Waals surface area contributed by atoms with Gasteiger partial charge in [-0.05, 0) is 26.7 Å². The Morgan fingerprint density at radius 1 is 1.37 bits per heavy atom. The van der Waals surface area contributed by atoms with Gasteiger partial charge in [0.1, 0.15) is 5.54 Å². The molecule has 1 rings (SSSR count). The maximum Gasteiger partial charge on any atom is 0.329 e. The highest BCUT2D eigenvalue weighted by atomic mass is 16.4. The van der Waals surface area contributed by atoms with Crippen LogP contribution >= 0.6 is 0 Å². The number of carboxylic acid groups (broad SMARTS) is 1. The number of carbonyl (C=O) groups is 2. The first-order chi connectivity index (χ1) is 8.60. The molecule has 0 aromatic carbocycles. The SMILES string of the molecule is Cc1c(C(=O)N(C)C(C)(C)C(=O)O)n[nH]c1C(C)C. The van der Waals surface area contributed by atoms with Crippen LogP contribution in [0.25, 0.3) is 0 Å². The molecule has 1 heterocycles. The van der Waals surface area contributed by atoms with Crippen molar-refractivity contribution in [1.82, 2.24) is 15.1 Å². The monoisotopic (exact) mass is 267 g/mol. The van der Waals surface area contributed by atoms with Gasteiger partial charge < -0.3 is 10.0 Å². The molecule has 0 bridgehead atoms. The molecular weight excluding hydrogens is 246 g/mol. The quantitative estimate of drug-likeness (QED) is 0.870. The summed E-state index contributed by atoms with van der Waals surface area (Å²) in [6.45, 7) is 8.78. The summed E-state index contributed by atoms with van der Waals surface area (Å²) in [7, 11) is 1.47. The number of nitrogens with zero attached hydrogens (tertiary/aromatic N) is 2. The zero-order chi connectivity index (χ0) is 15.0. The molecule has 0 aliphatic heterocycles. The molecule has 0 atom stereocenters. The van der Waals surface area contributed by atoms with Gasteiger partial charge in [0.15, 0.2) is 5.69 Å². The van der Waals surface area contributed by atoms with Crippen LogP contribution in [0, 0.1) is 6.92 Å². The number of hydrogen-bond acceptors (Lipinski definition) is 3. The van der Waals surface area contributed by atoms with E-state index in [1.807, 2.05) is 20.8 Å². The Kier molecular flexibility index (Phi) is 4.03. The zero-order valence-electron chi connectivity index (χ0n) is 12.2. The number of carbonyl (C=O) groups excluding carboxylic acids is 1. The number of aromatic amines is 1. The van der Waals surface area contributed by atoms with Crippen LogP contribution in [0.3, 0.4) is 0 Å². The highest BCUT2D eigenvalue weighted by Crippen LogP contribution is 2.22. The molecule has 0 saturated heterocycles. The van der Waals surface area contributed by atoms with E-state index in [1.54, 1.807) is 0 Å². The molecule has 0 spiro atoms. The summed E-state index contributed by atoms with van der Waals surface area (Å²) in [6, 6.07) is 0. The van der Waals surface area contributed by atoms with Crippen LogP contribution in [0.4, 0.5) is 0 Å². The van der Waals surface area contributed by atoms with Gasteiger partial charge in [0, 0.05) is 18.3 Å². The normalized spacial score (nSPS) is 11.7. The third-order valence-corrected chi connectivity index (χ3v) is 3.49. The standard InChI is InChI=1S/C13H21N3O3/c1-7(2)9-8(3)10(15-14-9)11(17)16(6)13(4,5)12(18)19/h7H,1-6H3,(H,14,15)(H,18,19).